The van der Waals surface area contributed by atoms with Crippen molar-refractivity contribution < 1.29 is 19.0 Å². The number of aryl methyl sites for hydroxylation is 1. The second kappa shape index (κ2) is 8.75. The van der Waals surface area contributed by atoms with Crippen molar-refractivity contribution in [1.29, 1.82) is 0 Å². The van der Waals surface area contributed by atoms with Crippen molar-refractivity contribution in [3.8, 4) is 0 Å². The molecule has 1 aromatic carbocycles. The Labute approximate surface area is 219 Å². The average molecular weight is 518 g/mol. The number of amides is 1. The van der Waals surface area contributed by atoms with Crippen molar-refractivity contribution in [1.82, 2.24) is 29.4 Å². The molecule has 11 nitrogen and oxygen atoms in total. The van der Waals surface area contributed by atoms with Gasteiger partial charge in [-0.25, -0.2) is 15.0 Å². The van der Waals surface area contributed by atoms with Crippen LogP contribution >= 0.6 is 0 Å². The first kappa shape index (κ1) is 23.6. The molecule has 0 radical (unpaired) electrons. The number of hydrogen-bond acceptors (Lipinski definition) is 8. The Morgan fingerprint density at radius 3 is 2.79 bits per heavy atom. The number of aromatic nitrogens is 5. The molecular weight excluding hydrogens is 486 g/mol. The molecule has 2 N–H and O–H groups in total. The Morgan fingerprint density at radius 1 is 1.13 bits per heavy atom. The number of imidazole rings is 1. The van der Waals surface area contributed by atoms with Gasteiger partial charge < -0.3 is 29.4 Å². The Kier molecular flexibility index (Phi) is 5.43. The van der Waals surface area contributed by atoms with Gasteiger partial charge in [0, 0.05) is 36.7 Å². The summed E-state index contributed by atoms with van der Waals surface area (Å²) in [6.45, 7) is 4.39. The summed E-state index contributed by atoms with van der Waals surface area (Å²) < 4.78 is 22.5. The van der Waals surface area contributed by atoms with Crippen LogP contribution in [0.2, 0.25) is 0 Å². The molecule has 0 unspecified atom stereocenters. The molecule has 1 saturated carbocycles. The number of rotatable bonds is 7. The summed E-state index contributed by atoms with van der Waals surface area (Å²) in [4.78, 5) is 26.5. The van der Waals surface area contributed by atoms with E-state index in [0.29, 0.717) is 23.5 Å². The molecule has 3 fully saturated rings. The second-order valence-electron chi connectivity index (χ2n) is 10.8. The number of benzene rings is 1. The lowest BCUT2D eigenvalue weighted by atomic mass is 10.1. The fraction of sp³-hybridized carbons (Fsp3) is 0.481. The van der Waals surface area contributed by atoms with Crippen molar-refractivity contribution >= 4 is 33.8 Å². The number of hydrogen-bond donors (Lipinski definition) is 2. The van der Waals surface area contributed by atoms with Crippen LogP contribution in [0.3, 0.4) is 0 Å². The van der Waals surface area contributed by atoms with E-state index in [1.54, 1.807) is 6.33 Å². The van der Waals surface area contributed by atoms with Gasteiger partial charge in [0.25, 0.3) is 5.91 Å². The zero-order valence-corrected chi connectivity index (χ0v) is 21.6. The first-order valence-electron chi connectivity index (χ1n) is 13.1. The van der Waals surface area contributed by atoms with E-state index in [-0.39, 0.29) is 11.9 Å². The molecule has 11 heteroatoms. The Balaban J connectivity index is 1.12. The molecule has 2 saturated heterocycles. The topological polar surface area (TPSA) is 117 Å². The molecule has 2 aliphatic heterocycles. The second-order valence-corrected chi connectivity index (χ2v) is 10.8. The Morgan fingerprint density at radius 2 is 1.95 bits per heavy atom. The molecule has 3 aromatic heterocycles. The highest BCUT2D eigenvalue weighted by Crippen LogP contribution is 2.44. The van der Waals surface area contributed by atoms with E-state index in [2.05, 4.69) is 67.7 Å². The monoisotopic (exact) mass is 517 g/mol. The highest BCUT2D eigenvalue weighted by atomic mass is 16.8. The van der Waals surface area contributed by atoms with E-state index in [4.69, 9.17) is 14.2 Å². The summed E-state index contributed by atoms with van der Waals surface area (Å²) in [6, 6.07) is 8.63. The number of nitrogens with zero attached hydrogens (tertiary/aromatic N) is 5. The molecule has 5 heterocycles. The number of anilines is 1. The largest absolute Gasteiger partial charge is 0.368 e. The standard InChI is InChI=1S/C27H31N7O4/c1-27(2)37-20-21(25(35)32-16-8-9-16)36-26(22(20)38-27)34-14-31-19-23(29-13-30-24(19)34)28-11-10-15-12-33(3)18-7-5-4-6-17(15)18/h4-7,12-14,16,20-22,26H,8-11H2,1-3H3,(H,32,35)(H,28,29,30)/t20-,21+,22-,26-/m1/s1. The maximum Gasteiger partial charge on any atom is 0.252 e. The molecular formula is C27H31N7O4. The van der Waals surface area contributed by atoms with E-state index in [0.717, 1.165) is 19.3 Å². The van der Waals surface area contributed by atoms with Crippen LogP contribution in [0.1, 0.15) is 38.5 Å². The lowest BCUT2D eigenvalue weighted by Crippen LogP contribution is -2.43. The van der Waals surface area contributed by atoms with Gasteiger partial charge in [-0.1, -0.05) is 18.2 Å². The predicted molar refractivity (Wildman–Crippen MR) is 139 cm³/mol. The fourth-order valence-corrected chi connectivity index (χ4v) is 5.63. The third kappa shape index (κ3) is 4.01. The normalized spacial score (nSPS) is 26.2. The molecule has 38 heavy (non-hydrogen) atoms. The summed E-state index contributed by atoms with van der Waals surface area (Å²) in [6.07, 6.45) is 5.81. The fourth-order valence-electron chi connectivity index (χ4n) is 5.63. The van der Waals surface area contributed by atoms with Crippen LogP contribution in [0.4, 0.5) is 5.82 Å². The highest BCUT2D eigenvalue weighted by molar-refractivity contribution is 5.85. The summed E-state index contributed by atoms with van der Waals surface area (Å²) in [5.41, 5.74) is 3.72. The molecule has 0 spiro atoms. The van der Waals surface area contributed by atoms with Crippen LogP contribution in [0.15, 0.2) is 43.1 Å². The van der Waals surface area contributed by atoms with Crippen molar-refractivity contribution in [3.05, 3.63) is 48.7 Å². The SMILES string of the molecule is Cn1cc(CCNc2ncnc3c2ncn3[C@@H]2O[C@H](C(=O)NC3CC3)[C@H]3OC(C)(C)O[C@H]32)c2ccccc21. The zero-order valence-electron chi connectivity index (χ0n) is 21.6. The van der Waals surface area contributed by atoms with Crippen molar-refractivity contribution in [2.45, 2.75) is 69.5 Å². The molecule has 4 atom stereocenters. The number of para-hydroxylation sites is 1. The minimum atomic E-state index is -0.824. The van der Waals surface area contributed by atoms with Crippen LogP contribution in [0, 0.1) is 0 Å². The Hall–Kier alpha value is -3.54. The lowest BCUT2D eigenvalue weighted by molar-refractivity contribution is -0.197. The first-order valence-corrected chi connectivity index (χ1v) is 13.1. The van der Waals surface area contributed by atoms with Crippen molar-refractivity contribution in [3.63, 3.8) is 0 Å². The molecule has 3 aliphatic rings. The Bertz CT molecular complexity index is 1520. The number of nitrogens with one attached hydrogen (secondary N) is 2. The van der Waals surface area contributed by atoms with Gasteiger partial charge in [0.2, 0.25) is 0 Å². The predicted octanol–water partition coefficient (Wildman–Crippen LogP) is 2.67. The number of carbonyl (C=O) groups excluding carboxylic acids is 1. The quantitative estimate of drug-likeness (QED) is 0.384. The van der Waals surface area contributed by atoms with Crippen molar-refractivity contribution in [2.24, 2.45) is 7.05 Å². The van der Waals surface area contributed by atoms with E-state index in [9.17, 15) is 4.79 Å². The molecule has 4 aromatic rings. The molecule has 0 bridgehead atoms. The maximum atomic E-state index is 13.0. The van der Waals surface area contributed by atoms with Crippen LogP contribution < -0.4 is 10.6 Å². The van der Waals surface area contributed by atoms with E-state index < -0.39 is 30.3 Å². The third-order valence-corrected chi connectivity index (χ3v) is 7.51. The van der Waals surface area contributed by atoms with Crippen LogP contribution in [0.25, 0.3) is 22.1 Å². The lowest BCUT2D eigenvalue weighted by Gasteiger charge is -2.24. The number of ether oxygens (including phenoxy) is 3. The summed E-state index contributed by atoms with van der Waals surface area (Å²) >= 11 is 0. The smallest absolute Gasteiger partial charge is 0.252 e. The molecule has 1 aliphatic carbocycles. The summed E-state index contributed by atoms with van der Waals surface area (Å²) in [5, 5.41) is 7.72. The minimum Gasteiger partial charge on any atom is -0.368 e. The van der Waals surface area contributed by atoms with Gasteiger partial charge in [-0.3, -0.25) is 9.36 Å². The third-order valence-electron chi connectivity index (χ3n) is 7.51. The van der Waals surface area contributed by atoms with Gasteiger partial charge in [0.1, 0.15) is 18.5 Å². The van der Waals surface area contributed by atoms with E-state index >= 15 is 0 Å². The number of carbonyl (C=O) groups is 1. The maximum absolute atomic E-state index is 13.0. The van der Waals surface area contributed by atoms with E-state index in [1.165, 1.54) is 22.8 Å². The van der Waals surface area contributed by atoms with Gasteiger partial charge in [0.05, 0.1) is 6.33 Å². The molecule has 198 valence electrons. The summed E-state index contributed by atoms with van der Waals surface area (Å²) in [5.74, 6) is -0.341. The van der Waals surface area contributed by atoms with Gasteiger partial charge >= 0.3 is 0 Å². The molecule has 1 amide bonds. The van der Waals surface area contributed by atoms with Gasteiger partial charge in [0.15, 0.2) is 35.1 Å². The summed E-state index contributed by atoms with van der Waals surface area (Å²) in [7, 11) is 2.07. The minimum absolute atomic E-state index is 0.166. The highest BCUT2D eigenvalue weighted by Gasteiger charge is 2.58. The van der Waals surface area contributed by atoms with Crippen LogP contribution in [-0.2, 0) is 32.5 Å². The van der Waals surface area contributed by atoms with Gasteiger partial charge in [-0.05, 0) is 44.7 Å². The van der Waals surface area contributed by atoms with Gasteiger partial charge in [-0.15, -0.1) is 0 Å². The number of fused-ring (bicyclic) bond motifs is 3. The van der Waals surface area contributed by atoms with Crippen LogP contribution in [-0.4, -0.2) is 66.7 Å². The first-order chi connectivity index (χ1) is 18.4. The molecule has 7 rings (SSSR count). The van der Waals surface area contributed by atoms with Gasteiger partial charge in [-0.2, -0.15) is 0 Å². The van der Waals surface area contributed by atoms with E-state index in [1.807, 2.05) is 18.4 Å². The zero-order chi connectivity index (χ0) is 26.0. The van der Waals surface area contributed by atoms with Crippen LogP contribution in [0.5, 0.6) is 0 Å². The average Bonchev–Trinajstić information content (AvgIpc) is 3.21. The van der Waals surface area contributed by atoms with Crippen molar-refractivity contribution in [2.75, 3.05) is 11.9 Å².